The van der Waals surface area contributed by atoms with Crippen molar-refractivity contribution in [2.24, 2.45) is 0 Å². The van der Waals surface area contributed by atoms with Crippen molar-refractivity contribution in [3.63, 3.8) is 0 Å². The van der Waals surface area contributed by atoms with Crippen LogP contribution in [-0.4, -0.2) is 5.78 Å². The second kappa shape index (κ2) is 5.98. The minimum Gasteiger partial charge on any atom is -0.289 e. The van der Waals surface area contributed by atoms with Crippen molar-refractivity contribution in [3.05, 3.63) is 76.3 Å². The molecule has 0 atom stereocenters. The average Bonchev–Trinajstić information content (AvgIpc) is 2.40. The lowest BCUT2D eigenvalue weighted by molar-refractivity contribution is 0.104. The topological polar surface area (TPSA) is 17.1 Å². The van der Waals surface area contributed by atoms with Crippen LogP contribution in [-0.2, 0) is 0 Å². The number of allylic oxidation sites excluding steroid dienone is 1. The zero-order valence-electron chi connectivity index (χ0n) is 9.44. The maximum Gasteiger partial charge on any atom is 0.187 e. The van der Waals surface area contributed by atoms with E-state index < -0.39 is 0 Å². The Balaban J connectivity index is 2.23. The van der Waals surface area contributed by atoms with E-state index in [0.29, 0.717) is 10.6 Å². The molecule has 3 heteroatoms. The Morgan fingerprint density at radius 2 is 1.56 bits per heavy atom. The van der Waals surface area contributed by atoms with E-state index in [1.54, 1.807) is 12.1 Å². The van der Waals surface area contributed by atoms with E-state index in [0.717, 1.165) is 10.0 Å². The lowest BCUT2D eigenvalue weighted by Crippen LogP contribution is -1.94. The van der Waals surface area contributed by atoms with Crippen LogP contribution in [0.1, 0.15) is 15.9 Å². The molecule has 0 aliphatic carbocycles. The molecule has 0 heterocycles. The molecule has 0 N–H and O–H groups in total. The quantitative estimate of drug-likeness (QED) is 0.580. The van der Waals surface area contributed by atoms with Crippen molar-refractivity contribution in [2.45, 2.75) is 0 Å². The number of hydrogen-bond donors (Lipinski definition) is 0. The number of ketones is 1. The van der Waals surface area contributed by atoms with Gasteiger partial charge in [0.25, 0.3) is 0 Å². The Morgan fingerprint density at radius 3 is 2.17 bits per heavy atom. The summed E-state index contributed by atoms with van der Waals surface area (Å²) < 4.78 is 0.977. The molecule has 0 aliphatic rings. The molecule has 1 nitrogen and oxygen atoms in total. The Labute approximate surface area is 119 Å². The van der Waals surface area contributed by atoms with E-state index in [-0.39, 0.29) is 5.78 Å². The molecular formula is C15H10BrClO. The Morgan fingerprint density at radius 1 is 0.944 bits per heavy atom. The summed E-state index contributed by atoms with van der Waals surface area (Å²) in [6.07, 6.45) is 1.44. The van der Waals surface area contributed by atoms with Crippen molar-refractivity contribution in [1.82, 2.24) is 0 Å². The molecular weight excluding hydrogens is 312 g/mol. The average molecular weight is 322 g/mol. The molecule has 2 rings (SSSR count). The van der Waals surface area contributed by atoms with Crippen molar-refractivity contribution in [2.75, 3.05) is 0 Å². The van der Waals surface area contributed by atoms with Gasteiger partial charge in [-0.1, -0.05) is 70.0 Å². The molecule has 2 aromatic rings. The fraction of sp³-hybridized carbons (Fsp3) is 0. The number of hydrogen-bond acceptors (Lipinski definition) is 1. The lowest BCUT2D eigenvalue weighted by atomic mass is 10.1. The van der Waals surface area contributed by atoms with Crippen molar-refractivity contribution < 1.29 is 4.79 Å². The van der Waals surface area contributed by atoms with Crippen molar-refractivity contribution >= 4 is 38.3 Å². The maximum absolute atomic E-state index is 11.9. The SMILES string of the molecule is O=C(/C=C(\Cl)c1ccc(Br)cc1)c1ccccc1. The van der Waals surface area contributed by atoms with Crippen LogP contribution in [0.15, 0.2) is 65.1 Å². The third-order valence-electron chi connectivity index (χ3n) is 2.44. The molecule has 0 saturated carbocycles. The number of rotatable bonds is 3. The highest BCUT2D eigenvalue weighted by Crippen LogP contribution is 2.21. The zero-order chi connectivity index (χ0) is 13.0. The summed E-state index contributed by atoms with van der Waals surface area (Å²) in [5.74, 6) is -0.0940. The van der Waals surface area contributed by atoms with Gasteiger partial charge in [-0.2, -0.15) is 0 Å². The van der Waals surface area contributed by atoms with Gasteiger partial charge in [0.05, 0.1) is 5.03 Å². The number of halogens is 2. The van der Waals surface area contributed by atoms with Crippen LogP contribution in [0.2, 0.25) is 0 Å². The highest BCUT2D eigenvalue weighted by molar-refractivity contribution is 9.10. The Kier molecular flexibility index (Phi) is 4.34. The van der Waals surface area contributed by atoms with Crippen molar-refractivity contribution in [3.8, 4) is 0 Å². The van der Waals surface area contributed by atoms with E-state index in [2.05, 4.69) is 15.9 Å². The normalized spacial score (nSPS) is 11.3. The summed E-state index contributed by atoms with van der Waals surface area (Å²) in [7, 11) is 0. The smallest absolute Gasteiger partial charge is 0.187 e. The Bertz CT molecular complexity index is 573. The van der Waals surface area contributed by atoms with Crippen LogP contribution >= 0.6 is 27.5 Å². The van der Waals surface area contributed by atoms with Crippen LogP contribution in [0.5, 0.6) is 0 Å². The van der Waals surface area contributed by atoms with E-state index >= 15 is 0 Å². The van der Waals surface area contributed by atoms with E-state index in [1.807, 2.05) is 42.5 Å². The third kappa shape index (κ3) is 3.31. The number of benzene rings is 2. The minimum atomic E-state index is -0.0940. The first kappa shape index (κ1) is 13.1. The molecule has 0 unspecified atom stereocenters. The minimum absolute atomic E-state index is 0.0940. The molecule has 2 aromatic carbocycles. The summed E-state index contributed by atoms with van der Waals surface area (Å²) in [6.45, 7) is 0. The molecule has 0 amide bonds. The monoisotopic (exact) mass is 320 g/mol. The van der Waals surface area contributed by atoms with Gasteiger partial charge in [-0.05, 0) is 17.7 Å². The van der Waals surface area contributed by atoms with E-state index in [4.69, 9.17) is 11.6 Å². The van der Waals surface area contributed by atoms with Crippen LogP contribution in [0.4, 0.5) is 0 Å². The zero-order valence-corrected chi connectivity index (χ0v) is 11.8. The largest absolute Gasteiger partial charge is 0.289 e. The Hall–Kier alpha value is -1.38. The molecule has 18 heavy (non-hydrogen) atoms. The highest BCUT2D eigenvalue weighted by Gasteiger charge is 2.04. The van der Waals surface area contributed by atoms with Crippen LogP contribution < -0.4 is 0 Å². The summed E-state index contributed by atoms with van der Waals surface area (Å²) in [5, 5.41) is 0.441. The first-order valence-corrected chi connectivity index (χ1v) is 6.56. The second-order valence-electron chi connectivity index (χ2n) is 3.73. The standard InChI is InChI=1S/C15H10BrClO/c16-13-8-6-11(7-9-13)14(17)10-15(18)12-4-2-1-3-5-12/h1-10H/b14-10-. The van der Waals surface area contributed by atoms with Gasteiger partial charge in [-0.25, -0.2) is 0 Å². The highest BCUT2D eigenvalue weighted by atomic mass is 79.9. The van der Waals surface area contributed by atoms with Gasteiger partial charge < -0.3 is 0 Å². The molecule has 90 valence electrons. The summed E-state index contributed by atoms with van der Waals surface area (Å²) in [6, 6.07) is 16.6. The van der Waals surface area contributed by atoms with Gasteiger partial charge in [0, 0.05) is 16.1 Å². The van der Waals surface area contributed by atoms with Gasteiger partial charge >= 0.3 is 0 Å². The fourth-order valence-corrected chi connectivity index (χ4v) is 1.98. The first-order chi connectivity index (χ1) is 8.66. The van der Waals surface area contributed by atoms with E-state index in [1.165, 1.54) is 6.08 Å². The molecule has 0 aromatic heterocycles. The molecule has 0 fully saturated rings. The maximum atomic E-state index is 11.9. The van der Waals surface area contributed by atoms with Gasteiger partial charge in [-0.15, -0.1) is 0 Å². The van der Waals surface area contributed by atoms with Gasteiger partial charge in [0.15, 0.2) is 5.78 Å². The van der Waals surface area contributed by atoms with Crippen LogP contribution in [0.25, 0.3) is 5.03 Å². The predicted molar refractivity (Wildman–Crippen MR) is 78.7 cm³/mol. The summed E-state index contributed by atoms with van der Waals surface area (Å²) in [4.78, 5) is 11.9. The molecule has 0 radical (unpaired) electrons. The second-order valence-corrected chi connectivity index (χ2v) is 5.05. The van der Waals surface area contributed by atoms with E-state index in [9.17, 15) is 4.79 Å². The van der Waals surface area contributed by atoms with Crippen LogP contribution in [0, 0.1) is 0 Å². The van der Waals surface area contributed by atoms with Crippen molar-refractivity contribution in [1.29, 1.82) is 0 Å². The lowest BCUT2D eigenvalue weighted by Gasteiger charge is -2.00. The van der Waals surface area contributed by atoms with Gasteiger partial charge in [0.2, 0.25) is 0 Å². The van der Waals surface area contributed by atoms with Gasteiger partial charge in [0.1, 0.15) is 0 Å². The summed E-state index contributed by atoms with van der Waals surface area (Å²) >= 11 is 9.48. The molecule has 0 saturated heterocycles. The number of carbonyl (C=O) groups excluding carboxylic acids is 1. The fourth-order valence-electron chi connectivity index (χ4n) is 1.49. The number of carbonyl (C=O) groups is 1. The van der Waals surface area contributed by atoms with Gasteiger partial charge in [-0.3, -0.25) is 4.79 Å². The van der Waals surface area contributed by atoms with Crippen LogP contribution in [0.3, 0.4) is 0 Å². The predicted octanol–water partition coefficient (Wildman–Crippen LogP) is 4.91. The summed E-state index contributed by atoms with van der Waals surface area (Å²) in [5.41, 5.74) is 1.46. The molecule has 0 bridgehead atoms. The first-order valence-electron chi connectivity index (χ1n) is 5.39. The molecule has 0 aliphatic heterocycles. The molecule has 0 spiro atoms. The third-order valence-corrected chi connectivity index (χ3v) is 3.29.